The van der Waals surface area contributed by atoms with E-state index < -0.39 is 9.84 Å². The quantitative estimate of drug-likeness (QED) is 0.407. The highest BCUT2D eigenvalue weighted by Crippen LogP contribution is 2.18. The van der Waals surface area contributed by atoms with Crippen LogP contribution < -0.4 is 5.32 Å². The second-order valence-corrected chi connectivity index (χ2v) is 9.58. The lowest BCUT2D eigenvalue weighted by Crippen LogP contribution is -2.52. The molecule has 9 heteroatoms. The average molecular weight is 449 g/mol. The summed E-state index contributed by atoms with van der Waals surface area (Å²) in [5.41, 5.74) is 0.961. The summed E-state index contributed by atoms with van der Waals surface area (Å²) in [4.78, 5) is 8.74. The molecule has 0 aromatic heterocycles. The van der Waals surface area contributed by atoms with Crippen molar-refractivity contribution in [3.63, 3.8) is 0 Å². The first-order valence-corrected chi connectivity index (χ1v) is 11.4. The van der Waals surface area contributed by atoms with Gasteiger partial charge in [0.2, 0.25) is 0 Å². The van der Waals surface area contributed by atoms with Crippen LogP contribution in [0.25, 0.3) is 0 Å². The Morgan fingerprint density at radius 3 is 2.58 bits per heavy atom. The van der Waals surface area contributed by atoms with E-state index in [0.717, 1.165) is 44.2 Å². The van der Waals surface area contributed by atoms with Gasteiger partial charge in [0.05, 0.1) is 10.2 Å². The average Bonchev–Trinajstić information content (AvgIpc) is 2.58. The van der Waals surface area contributed by atoms with E-state index in [1.165, 1.54) is 6.26 Å². The number of aliphatic imine (C=N–C) groups is 1. The number of nitrogens with zero attached hydrogens (tertiary/aromatic N) is 3. The minimum absolute atomic E-state index is 0.175. The Balaban J connectivity index is 1.77. The monoisotopic (exact) mass is 448 g/mol. The van der Waals surface area contributed by atoms with E-state index in [1.54, 1.807) is 19.2 Å². The molecule has 1 aromatic rings. The zero-order valence-corrected chi connectivity index (χ0v) is 17.6. The van der Waals surface area contributed by atoms with Gasteiger partial charge in [-0.1, -0.05) is 6.07 Å². The molecule has 1 fully saturated rings. The lowest BCUT2D eigenvalue weighted by atomic mass is 10.2. The van der Waals surface area contributed by atoms with E-state index in [4.69, 9.17) is 0 Å². The highest BCUT2D eigenvalue weighted by atomic mass is 79.9. The molecule has 1 heterocycles. The first-order chi connectivity index (χ1) is 12.3. The summed E-state index contributed by atoms with van der Waals surface area (Å²) in [7, 11) is -1.19. The summed E-state index contributed by atoms with van der Waals surface area (Å²) in [6.07, 6.45) is 1.81. The fourth-order valence-electron chi connectivity index (χ4n) is 2.88. The fraction of sp³-hybridized carbons (Fsp3) is 0.588. The van der Waals surface area contributed by atoms with Gasteiger partial charge in [-0.25, -0.2) is 12.8 Å². The molecule has 1 N–H and O–H groups in total. The Bertz CT molecular complexity index is 734. The van der Waals surface area contributed by atoms with Crippen molar-refractivity contribution in [3.05, 3.63) is 34.1 Å². The predicted octanol–water partition coefficient (Wildman–Crippen LogP) is 1.72. The van der Waals surface area contributed by atoms with E-state index in [2.05, 4.69) is 36.0 Å². The summed E-state index contributed by atoms with van der Waals surface area (Å²) < 4.78 is 36.5. The van der Waals surface area contributed by atoms with Crippen molar-refractivity contribution in [1.29, 1.82) is 0 Å². The highest BCUT2D eigenvalue weighted by Gasteiger charge is 2.19. The van der Waals surface area contributed by atoms with Crippen LogP contribution in [0.1, 0.15) is 12.0 Å². The van der Waals surface area contributed by atoms with Crippen molar-refractivity contribution < 1.29 is 12.8 Å². The summed E-state index contributed by atoms with van der Waals surface area (Å²) in [5, 5.41) is 3.23. The molecule has 146 valence electrons. The Morgan fingerprint density at radius 2 is 2.00 bits per heavy atom. The molecule has 1 aliphatic rings. The Hall–Kier alpha value is -1.19. The van der Waals surface area contributed by atoms with Crippen molar-refractivity contribution in [3.8, 4) is 0 Å². The maximum absolute atomic E-state index is 13.6. The third kappa shape index (κ3) is 6.85. The zero-order valence-electron chi connectivity index (χ0n) is 15.2. The molecule has 1 aliphatic heterocycles. The molecular weight excluding hydrogens is 423 g/mol. The van der Waals surface area contributed by atoms with Crippen molar-refractivity contribution in [2.24, 2.45) is 4.99 Å². The van der Waals surface area contributed by atoms with Gasteiger partial charge in [-0.2, -0.15) is 0 Å². The van der Waals surface area contributed by atoms with Gasteiger partial charge in [-0.3, -0.25) is 9.89 Å². The Labute approximate surface area is 163 Å². The van der Waals surface area contributed by atoms with Crippen molar-refractivity contribution in [1.82, 2.24) is 15.1 Å². The van der Waals surface area contributed by atoms with Crippen LogP contribution in [0.3, 0.4) is 0 Å². The van der Waals surface area contributed by atoms with E-state index in [0.29, 0.717) is 17.4 Å². The summed E-state index contributed by atoms with van der Waals surface area (Å²) in [5.74, 6) is 0.738. The van der Waals surface area contributed by atoms with Crippen LogP contribution in [0.5, 0.6) is 0 Å². The third-order valence-electron chi connectivity index (χ3n) is 4.25. The van der Waals surface area contributed by atoms with E-state index in [-0.39, 0.29) is 11.6 Å². The van der Waals surface area contributed by atoms with Crippen LogP contribution in [-0.2, 0) is 16.4 Å². The topological polar surface area (TPSA) is 65.0 Å². The third-order valence-corrected chi connectivity index (χ3v) is 5.92. The minimum Gasteiger partial charge on any atom is -0.356 e. The molecule has 2 rings (SSSR count). The molecule has 26 heavy (non-hydrogen) atoms. The summed E-state index contributed by atoms with van der Waals surface area (Å²) in [6.45, 7) is 4.68. The maximum atomic E-state index is 13.6. The number of halogens is 2. The first-order valence-electron chi connectivity index (χ1n) is 8.58. The molecule has 0 aliphatic carbocycles. The van der Waals surface area contributed by atoms with Gasteiger partial charge >= 0.3 is 0 Å². The molecule has 1 aromatic carbocycles. The number of piperazine rings is 1. The highest BCUT2D eigenvalue weighted by molar-refractivity contribution is 9.10. The predicted molar refractivity (Wildman–Crippen MR) is 107 cm³/mol. The van der Waals surface area contributed by atoms with Crippen LogP contribution in [-0.4, -0.2) is 76.0 Å². The standard InChI is InChI=1S/C17H26BrFN4O2S/c1-20-17(21-6-3-11-26(2,24)25)23-9-7-22(8-10-23)13-14-4-5-15(18)16(19)12-14/h4-5,12H,3,6-11,13H2,1-2H3,(H,20,21). The van der Waals surface area contributed by atoms with Gasteiger partial charge in [0.15, 0.2) is 5.96 Å². The van der Waals surface area contributed by atoms with Crippen LogP contribution >= 0.6 is 15.9 Å². The number of sulfone groups is 1. The lowest BCUT2D eigenvalue weighted by Gasteiger charge is -2.36. The number of guanidine groups is 1. The fourth-order valence-corrected chi connectivity index (χ4v) is 3.80. The number of hydrogen-bond acceptors (Lipinski definition) is 4. The molecule has 0 bridgehead atoms. The summed E-state index contributed by atoms with van der Waals surface area (Å²) in [6, 6.07) is 5.24. The molecule has 1 saturated heterocycles. The van der Waals surface area contributed by atoms with Crippen molar-refractivity contribution >= 4 is 31.7 Å². The minimum atomic E-state index is -2.93. The van der Waals surface area contributed by atoms with Gasteiger partial charge in [0.1, 0.15) is 15.7 Å². The van der Waals surface area contributed by atoms with Gasteiger partial charge < -0.3 is 10.2 Å². The molecule has 0 spiro atoms. The Morgan fingerprint density at radius 1 is 1.31 bits per heavy atom. The second-order valence-electron chi connectivity index (χ2n) is 6.47. The van der Waals surface area contributed by atoms with E-state index in [1.807, 2.05) is 6.07 Å². The molecule has 0 saturated carbocycles. The second kappa shape index (κ2) is 9.66. The molecule has 6 nitrogen and oxygen atoms in total. The number of benzene rings is 1. The van der Waals surface area contributed by atoms with Crippen LogP contribution in [0.4, 0.5) is 4.39 Å². The van der Waals surface area contributed by atoms with Crippen LogP contribution in [0.2, 0.25) is 0 Å². The molecule has 0 amide bonds. The normalized spacial score (nSPS) is 16.8. The first kappa shape index (κ1) is 21.1. The van der Waals surface area contributed by atoms with E-state index in [9.17, 15) is 12.8 Å². The largest absolute Gasteiger partial charge is 0.356 e. The zero-order chi connectivity index (χ0) is 19.2. The van der Waals surface area contributed by atoms with E-state index >= 15 is 0 Å². The number of nitrogens with one attached hydrogen (secondary N) is 1. The number of hydrogen-bond donors (Lipinski definition) is 1. The van der Waals surface area contributed by atoms with Crippen LogP contribution in [0, 0.1) is 5.82 Å². The lowest BCUT2D eigenvalue weighted by molar-refractivity contribution is 0.172. The smallest absolute Gasteiger partial charge is 0.193 e. The number of rotatable bonds is 6. The van der Waals surface area contributed by atoms with Crippen molar-refractivity contribution in [2.45, 2.75) is 13.0 Å². The maximum Gasteiger partial charge on any atom is 0.193 e. The molecule has 0 unspecified atom stereocenters. The van der Waals surface area contributed by atoms with Crippen molar-refractivity contribution in [2.75, 3.05) is 51.8 Å². The molecule has 0 atom stereocenters. The summed E-state index contributed by atoms with van der Waals surface area (Å²) >= 11 is 3.17. The van der Waals surface area contributed by atoms with Crippen LogP contribution in [0.15, 0.2) is 27.7 Å². The van der Waals surface area contributed by atoms with Gasteiger partial charge in [-0.15, -0.1) is 0 Å². The van der Waals surface area contributed by atoms with Gasteiger partial charge in [-0.05, 0) is 40.0 Å². The molecule has 0 radical (unpaired) electrons. The SMILES string of the molecule is CN=C(NCCCS(C)(=O)=O)N1CCN(Cc2ccc(Br)c(F)c2)CC1. The van der Waals surface area contributed by atoms with Gasteiger partial charge in [0, 0.05) is 52.6 Å². The van der Waals surface area contributed by atoms with Gasteiger partial charge in [0.25, 0.3) is 0 Å². The molecular formula is C17H26BrFN4O2S. The Kier molecular flexibility index (Phi) is 7.85.